The first-order valence-electron chi connectivity index (χ1n) is 12.6. The molecule has 7 nitrogen and oxygen atoms in total. The van der Waals surface area contributed by atoms with Gasteiger partial charge in [0.05, 0.1) is 24.3 Å². The fourth-order valence-corrected chi connectivity index (χ4v) is 4.25. The van der Waals surface area contributed by atoms with Crippen molar-refractivity contribution in [3.8, 4) is 11.1 Å². The van der Waals surface area contributed by atoms with Crippen molar-refractivity contribution >= 4 is 18.0 Å². The minimum Gasteiger partial charge on any atom is -0.388 e. The first-order valence-corrected chi connectivity index (χ1v) is 12.6. The number of hydrogen-bond acceptors (Lipinski definition) is 6. The number of anilines is 1. The number of methoxy groups -OCH3 is 2. The Morgan fingerprint density at radius 1 is 1.14 bits per heavy atom. The molecule has 4 rings (SSSR count). The van der Waals surface area contributed by atoms with Gasteiger partial charge in [0.15, 0.2) is 6.29 Å². The summed E-state index contributed by atoms with van der Waals surface area (Å²) in [7, 11) is 4.84. The molecule has 2 heterocycles. The van der Waals surface area contributed by atoms with Crippen LogP contribution in [-0.2, 0) is 14.3 Å². The summed E-state index contributed by atoms with van der Waals surface area (Å²) >= 11 is 0. The molecule has 198 valence electrons. The fraction of sp³-hybridized carbons (Fsp3) is 0.536. The number of nitrogens with zero attached hydrogens (tertiary/aromatic N) is 3. The van der Waals surface area contributed by atoms with E-state index in [2.05, 4.69) is 9.64 Å². The lowest BCUT2D eigenvalue weighted by Gasteiger charge is -2.41. The molecule has 0 radical (unpaired) electrons. The lowest BCUT2D eigenvalue weighted by atomic mass is 9.99. The normalized spacial score (nSPS) is 16.9. The Labute approximate surface area is 214 Å². The van der Waals surface area contributed by atoms with Gasteiger partial charge in [-0.25, -0.2) is 9.37 Å². The van der Waals surface area contributed by atoms with Crippen molar-refractivity contribution in [1.82, 2.24) is 9.88 Å². The molecule has 1 aliphatic heterocycles. The Balaban J connectivity index is 0.000000850. The van der Waals surface area contributed by atoms with Gasteiger partial charge < -0.3 is 19.3 Å². The van der Waals surface area contributed by atoms with Crippen molar-refractivity contribution in [2.45, 2.75) is 52.0 Å². The van der Waals surface area contributed by atoms with E-state index in [9.17, 15) is 14.0 Å². The first kappa shape index (κ1) is 29.4. The molecule has 2 aliphatic rings. The van der Waals surface area contributed by atoms with E-state index in [0.717, 1.165) is 35.9 Å². The summed E-state index contributed by atoms with van der Waals surface area (Å²) in [6.07, 6.45) is 3.35. The fourth-order valence-electron chi connectivity index (χ4n) is 4.25. The second kappa shape index (κ2) is 14.7. The summed E-state index contributed by atoms with van der Waals surface area (Å²) in [5.74, 6) is 0.846. The third-order valence-corrected chi connectivity index (χ3v) is 6.07. The minimum atomic E-state index is -0.288. The number of benzene rings is 1. The second-order valence-corrected chi connectivity index (χ2v) is 8.77. The van der Waals surface area contributed by atoms with Crippen LogP contribution in [-0.4, -0.2) is 75.7 Å². The van der Waals surface area contributed by atoms with Crippen LogP contribution in [0.25, 0.3) is 11.1 Å². The molecule has 1 saturated heterocycles. The van der Waals surface area contributed by atoms with Crippen molar-refractivity contribution in [2.75, 3.05) is 52.5 Å². The molecule has 1 atom stereocenters. The van der Waals surface area contributed by atoms with Crippen LogP contribution in [0, 0.1) is 5.82 Å². The Hall–Kier alpha value is -2.84. The Kier molecular flexibility index (Phi) is 12.0. The molecular formula is C28H40FN3O4. The van der Waals surface area contributed by atoms with Gasteiger partial charge in [0.2, 0.25) is 5.91 Å². The molecule has 1 aliphatic carbocycles. The van der Waals surface area contributed by atoms with Gasteiger partial charge in [-0.05, 0) is 43.5 Å². The summed E-state index contributed by atoms with van der Waals surface area (Å²) in [4.78, 5) is 33.4. The molecule has 36 heavy (non-hydrogen) atoms. The predicted octanol–water partition coefficient (Wildman–Crippen LogP) is 4.94. The van der Waals surface area contributed by atoms with E-state index in [1.807, 2.05) is 31.7 Å². The number of carbonyl (C=O) groups is 2. The smallest absolute Gasteiger partial charge is 0.225 e. The van der Waals surface area contributed by atoms with Gasteiger partial charge >= 0.3 is 0 Å². The SMILES string of the molecule is CC.COC.COCCC(=O)N1CCN(c2nc(C3CC3)c(-c3ccc(F)cc3)cc2C=O)CC1C. The average Bonchev–Trinajstić information content (AvgIpc) is 3.74. The van der Waals surface area contributed by atoms with Gasteiger partial charge in [0.25, 0.3) is 0 Å². The minimum absolute atomic E-state index is 0.0144. The average molecular weight is 502 g/mol. The Morgan fingerprint density at radius 3 is 2.31 bits per heavy atom. The number of amides is 1. The number of aldehydes is 1. The number of ether oxygens (including phenoxy) is 2. The van der Waals surface area contributed by atoms with Crippen LogP contribution in [0.4, 0.5) is 10.2 Å². The van der Waals surface area contributed by atoms with Gasteiger partial charge in [0.1, 0.15) is 11.6 Å². The maximum atomic E-state index is 13.4. The lowest BCUT2D eigenvalue weighted by molar-refractivity contribution is -0.134. The third kappa shape index (κ3) is 7.58. The molecule has 1 saturated carbocycles. The third-order valence-electron chi connectivity index (χ3n) is 6.07. The van der Waals surface area contributed by atoms with Crippen LogP contribution in [0.1, 0.15) is 62.0 Å². The molecular weight excluding hydrogens is 461 g/mol. The van der Waals surface area contributed by atoms with Gasteiger partial charge in [-0.15, -0.1) is 0 Å². The maximum absolute atomic E-state index is 13.4. The van der Waals surface area contributed by atoms with Crippen LogP contribution in [0.2, 0.25) is 0 Å². The summed E-state index contributed by atoms with van der Waals surface area (Å²) in [6, 6.07) is 8.24. The zero-order chi connectivity index (χ0) is 26.7. The lowest BCUT2D eigenvalue weighted by Crippen LogP contribution is -2.54. The largest absolute Gasteiger partial charge is 0.388 e. The molecule has 0 N–H and O–H groups in total. The number of aromatic nitrogens is 1. The van der Waals surface area contributed by atoms with Crippen molar-refractivity contribution in [2.24, 2.45) is 0 Å². The quantitative estimate of drug-likeness (QED) is 0.501. The zero-order valence-corrected chi connectivity index (χ0v) is 22.4. The number of rotatable bonds is 7. The molecule has 1 aromatic heterocycles. The van der Waals surface area contributed by atoms with Crippen LogP contribution in [0.15, 0.2) is 30.3 Å². The van der Waals surface area contributed by atoms with Gasteiger partial charge in [-0.1, -0.05) is 26.0 Å². The van der Waals surface area contributed by atoms with Crippen LogP contribution in [0.5, 0.6) is 0 Å². The Morgan fingerprint density at radius 2 is 1.78 bits per heavy atom. The molecule has 1 amide bonds. The van der Waals surface area contributed by atoms with E-state index in [-0.39, 0.29) is 17.8 Å². The van der Waals surface area contributed by atoms with Crippen LogP contribution < -0.4 is 4.90 Å². The van der Waals surface area contributed by atoms with E-state index < -0.39 is 0 Å². The van der Waals surface area contributed by atoms with E-state index >= 15 is 0 Å². The number of pyridine rings is 1. The molecule has 1 unspecified atom stereocenters. The number of halogens is 1. The number of carbonyl (C=O) groups excluding carboxylic acids is 2. The van der Waals surface area contributed by atoms with Gasteiger partial charge in [0, 0.05) is 58.5 Å². The van der Waals surface area contributed by atoms with Crippen molar-refractivity contribution in [3.05, 3.63) is 47.4 Å². The molecule has 0 bridgehead atoms. The molecule has 2 fully saturated rings. The molecule has 0 spiro atoms. The second-order valence-electron chi connectivity index (χ2n) is 8.77. The highest BCUT2D eigenvalue weighted by atomic mass is 19.1. The van der Waals surface area contributed by atoms with Crippen molar-refractivity contribution in [1.29, 1.82) is 0 Å². The van der Waals surface area contributed by atoms with E-state index in [4.69, 9.17) is 9.72 Å². The highest BCUT2D eigenvalue weighted by Crippen LogP contribution is 2.45. The maximum Gasteiger partial charge on any atom is 0.225 e. The van der Waals surface area contributed by atoms with Crippen molar-refractivity contribution in [3.63, 3.8) is 0 Å². The molecule has 2 aromatic rings. The first-order chi connectivity index (χ1) is 17.4. The van der Waals surface area contributed by atoms with Gasteiger partial charge in [-0.2, -0.15) is 0 Å². The van der Waals surface area contributed by atoms with E-state index in [1.54, 1.807) is 33.5 Å². The summed E-state index contributed by atoms with van der Waals surface area (Å²) in [5, 5.41) is 0. The Bertz CT molecular complexity index is 980. The van der Waals surface area contributed by atoms with Crippen LogP contribution >= 0.6 is 0 Å². The van der Waals surface area contributed by atoms with Crippen molar-refractivity contribution < 1.29 is 23.5 Å². The zero-order valence-electron chi connectivity index (χ0n) is 22.4. The predicted molar refractivity (Wildman–Crippen MR) is 141 cm³/mol. The topological polar surface area (TPSA) is 72.0 Å². The summed E-state index contributed by atoms with van der Waals surface area (Å²) in [6.45, 7) is 8.26. The summed E-state index contributed by atoms with van der Waals surface area (Å²) < 4.78 is 22.7. The molecule has 8 heteroatoms. The van der Waals surface area contributed by atoms with Gasteiger partial charge in [-0.3, -0.25) is 9.59 Å². The van der Waals surface area contributed by atoms with E-state index in [0.29, 0.717) is 50.0 Å². The monoisotopic (exact) mass is 501 g/mol. The number of piperazine rings is 1. The molecule has 1 aromatic carbocycles. The standard InChI is InChI=1S/C24H28FN3O3.C2H6O.C2H6/c1-16-14-27(10-11-28(16)22(30)9-12-31-2)24-19(15-29)13-21(23(26-24)18-3-4-18)17-5-7-20(25)8-6-17;1-3-2;1-2/h5-8,13,15-16,18H,3-4,9-12,14H2,1-2H3;1-2H3;1-2H3. The van der Waals surface area contributed by atoms with Crippen LogP contribution in [0.3, 0.4) is 0 Å². The highest BCUT2D eigenvalue weighted by molar-refractivity contribution is 5.87. The summed E-state index contributed by atoms with van der Waals surface area (Å²) in [5.41, 5.74) is 3.26. The van der Waals surface area contributed by atoms with E-state index in [1.165, 1.54) is 12.1 Å². The highest BCUT2D eigenvalue weighted by Gasteiger charge is 2.32. The number of hydrogen-bond donors (Lipinski definition) is 0.